The summed E-state index contributed by atoms with van der Waals surface area (Å²) in [6.07, 6.45) is 0. The van der Waals surface area contributed by atoms with Gasteiger partial charge >= 0.3 is 6.03 Å². The average Bonchev–Trinajstić information content (AvgIpc) is 2.45. The van der Waals surface area contributed by atoms with Crippen molar-refractivity contribution < 1.29 is 14.3 Å². The van der Waals surface area contributed by atoms with Gasteiger partial charge in [0.1, 0.15) is 5.75 Å². The Morgan fingerprint density at radius 2 is 2.15 bits per heavy atom. The van der Waals surface area contributed by atoms with E-state index in [1.54, 1.807) is 21.0 Å². The van der Waals surface area contributed by atoms with Gasteiger partial charge in [0.05, 0.1) is 12.4 Å². The molecule has 0 aliphatic rings. The minimum Gasteiger partial charge on any atom is -0.497 e. The number of benzene rings is 1. The van der Waals surface area contributed by atoms with Crippen LogP contribution in [0, 0.1) is 0 Å². The van der Waals surface area contributed by atoms with Crippen LogP contribution in [0.15, 0.2) is 24.3 Å². The van der Waals surface area contributed by atoms with E-state index in [0.717, 1.165) is 11.3 Å². The number of nitrogens with one attached hydrogen (secondary N) is 2. The smallest absolute Gasteiger partial charge is 0.321 e. The van der Waals surface area contributed by atoms with Crippen LogP contribution in [-0.2, 0) is 10.5 Å². The largest absolute Gasteiger partial charge is 0.497 e. The van der Waals surface area contributed by atoms with Crippen molar-refractivity contribution >= 4 is 23.7 Å². The molecule has 0 bridgehead atoms. The number of amides is 3. The van der Waals surface area contributed by atoms with Crippen molar-refractivity contribution in [2.24, 2.45) is 0 Å². The Kier molecular flexibility index (Phi) is 6.93. The molecule has 3 amide bonds. The van der Waals surface area contributed by atoms with Crippen LogP contribution in [0.2, 0.25) is 0 Å². The monoisotopic (exact) mass is 296 g/mol. The zero-order valence-electron chi connectivity index (χ0n) is 11.9. The predicted molar refractivity (Wildman–Crippen MR) is 81.0 cm³/mol. The SMILES string of the molecule is CCNC(=O)NC(=O)[C@@H](C)SCc1cccc(OC)c1. The molecule has 2 N–H and O–H groups in total. The molecule has 0 fully saturated rings. The fraction of sp³-hybridized carbons (Fsp3) is 0.429. The average molecular weight is 296 g/mol. The van der Waals surface area contributed by atoms with Crippen molar-refractivity contribution in [3.63, 3.8) is 0 Å². The zero-order valence-corrected chi connectivity index (χ0v) is 12.8. The van der Waals surface area contributed by atoms with Crippen molar-refractivity contribution in [3.05, 3.63) is 29.8 Å². The molecule has 0 unspecified atom stereocenters. The number of carbonyl (C=O) groups excluding carboxylic acids is 2. The quantitative estimate of drug-likeness (QED) is 0.844. The van der Waals surface area contributed by atoms with Crippen LogP contribution in [-0.4, -0.2) is 30.8 Å². The minimum atomic E-state index is -0.452. The van der Waals surface area contributed by atoms with Gasteiger partial charge in [-0.05, 0) is 31.5 Å². The lowest BCUT2D eigenvalue weighted by atomic mass is 10.2. The van der Waals surface area contributed by atoms with Crippen LogP contribution >= 0.6 is 11.8 Å². The summed E-state index contributed by atoms with van der Waals surface area (Å²) in [6.45, 7) is 4.06. The van der Waals surface area contributed by atoms with Gasteiger partial charge in [-0.2, -0.15) is 0 Å². The number of methoxy groups -OCH3 is 1. The number of imide groups is 1. The van der Waals surface area contributed by atoms with E-state index in [4.69, 9.17) is 4.74 Å². The first-order valence-electron chi connectivity index (χ1n) is 6.40. The summed E-state index contributed by atoms with van der Waals surface area (Å²) in [6, 6.07) is 7.24. The molecule has 110 valence electrons. The first-order chi connectivity index (χ1) is 9.56. The first-order valence-corrected chi connectivity index (χ1v) is 7.45. The maximum absolute atomic E-state index is 11.8. The Bertz CT molecular complexity index is 465. The summed E-state index contributed by atoms with van der Waals surface area (Å²) in [5, 5.41) is 4.53. The molecule has 1 aromatic carbocycles. The van der Waals surface area contributed by atoms with Crippen molar-refractivity contribution in [1.82, 2.24) is 10.6 Å². The Balaban J connectivity index is 2.43. The van der Waals surface area contributed by atoms with Gasteiger partial charge in [-0.25, -0.2) is 4.79 Å². The second-order valence-corrected chi connectivity index (χ2v) is 5.48. The van der Waals surface area contributed by atoms with Gasteiger partial charge in [0.2, 0.25) is 5.91 Å². The van der Waals surface area contributed by atoms with Gasteiger partial charge in [0.15, 0.2) is 0 Å². The van der Waals surface area contributed by atoms with E-state index in [1.165, 1.54) is 11.8 Å². The fourth-order valence-corrected chi connectivity index (χ4v) is 2.31. The molecule has 0 aromatic heterocycles. The van der Waals surface area contributed by atoms with Crippen LogP contribution in [0.4, 0.5) is 4.79 Å². The number of thioether (sulfide) groups is 1. The summed E-state index contributed by atoms with van der Waals surface area (Å²) in [7, 11) is 1.62. The summed E-state index contributed by atoms with van der Waals surface area (Å²) >= 11 is 1.47. The van der Waals surface area contributed by atoms with E-state index in [9.17, 15) is 9.59 Å². The van der Waals surface area contributed by atoms with Gasteiger partial charge in [0.25, 0.3) is 0 Å². The van der Waals surface area contributed by atoms with Gasteiger partial charge in [-0.3, -0.25) is 10.1 Å². The number of hydrogen-bond acceptors (Lipinski definition) is 4. The molecule has 1 rings (SSSR count). The van der Waals surface area contributed by atoms with Crippen LogP contribution in [0.5, 0.6) is 5.75 Å². The summed E-state index contributed by atoms with van der Waals surface area (Å²) in [5.41, 5.74) is 1.08. The molecule has 0 heterocycles. The van der Waals surface area contributed by atoms with Crippen molar-refractivity contribution in [2.45, 2.75) is 24.9 Å². The standard InChI is InChI=1S/C14H20N2O3S/c1-4-15-14(18)16-13(17)10(2)20-9-11-6-5-7-12(8-11)19-3/h5-8,10H,4,9H2,1-3H3,(H2,15,16,17,18)/t10-/m1/s1. The second-order valence-electron chi connectivity index (χ2n) is 4.15. The van der Waals surface area contributed by atoms with E-state index in [-0.39, 0.29) is 11.2 Å². The predicted octanol–water partition coefficient (Wildman–Crippen LogP) is 2.16. The summed E-state index contributed by atoms with van der Waals surface area (Å²) in [5.74, 6) is 1.19. The second kappa shape index (κ2) is 8.47. The molecule has 0 spiro atoms. The van der Waals surface area contributed by atoms with Crippen LogP contribution < -0.4 is 15.4 Å². The molecule has 0 aliphatic carbocycles. The van der Waals surface area contributed by atoms with E-state index in [1.807, 2.05) is 24.3 Å². The van der Waals surface area contributed by atoms with Gasteiger partial charge < -0.3 is 10.1 Å². The van der Waals surface area contributed by atoms with Crippen LogP contribution in [0.25, 0.3) is 0 Å². The highest BCUT2D eigenvalue weighted by Crippen LogP contribution is 2.21. The van der Waals surface area contributed by atoms with E-state index < -0.39 is 6.03 Å². The molecule has 0 aliphatic heterocycles. The third-order valence-corrected chi connectivity index (χ3v) is 3.79. The number of carbonyl (C=O) groups is 2. The van der Waals surface area contributed by atoms with E-state index >= 15 is 0 Å². The number of ether oxygens (including phenoxy) is 1. The highest BCUT2D eigenvalue weighted by atomic mass is 32.2. The number of urea groups is 1. The summed E-state index contributed by atoms with van der Waals surface area (Å²) < 4.78 is 5.15. The Labute approximate surface area is 123 Å². The molecule has 0 radical (unpaired) electrons. The maximum atomic E-state index is 11.8. The number of rotatable bonds is 6. The van der Waals surface area contributed by atoms with Crippen LogP contribution in [0.3, 0.4) is 0 Å². The van der Waals surface area contributed by atoms with Crippen molar-refractivity contribution in [2.75, 3.05) is 13.7 Å². The minimum absolute atomic E-state index is 0.288. The lowest BCUT2D eigenvalue weighted by molar-refractivity contribution is -0.119. The highest BCUT2D eigenvalue weighted by Gasteiger charge is 2.15. The Morgan fingerprint density at radius 1 is 1.40 bits per heavy atom. The topological polar surface area (TPSA) is 67.4 Å². The normalized spacial score (nSPS) is 11.6. The molecule has 20 heavy (non-hydrogen) atoms. The summed E-state index contributed by atoms with van der Waals surface area (Å²) in [4.78, 5) is 23.0. The third kappa shape index (κ3) is 5.52. The van der Waals surface area contributed by atoms with Crippen LogP contribution in [0.1, 0.15) is 19.4 Å². The van der Waals surface area contributed by atoms with Gasteiger partial charge in [0, 0.05) is 12.3 Å². The molecular weight excluding hydrogens is 276 g/mol. The lowest BCUT2D eigenvalue weighted by Crippen LogP contribution is -2.42. The number of hydrogen-bond donors (Lipinski definition) is 2. The molecule has 1 atom stereocenters. The third-order valence-electron chi connectivity index (χ3n) is 2.58. The van der Waals surface area contributed by atoms with Crippen molar-refractivity contribution in [1.29, 1.82) is 0 Å². The van der Waals surface area contributed by atoms with Gasteiger partial charge in [-0.1, -0.05) is 12.1 Å². The van der Waals surface area contributed by atoms with E-state index in [0.29, 0.717) is 12.3 Å². The molecule has 0 saturated heterocycles. The van der Waals surface area contributed by atoms with Crippen molar-refractivity contribution in [3.8, 4) is 5.75 Å². The molecular formula is C14H20N2O3S. The lowest BCUT2D eigenvalue weighted by Gasteiger charge is -2.11. The maximum Gasteiger partial charge on any atom is 0.321 e. The molecule has 6 heteroatoms. The van der Waals surface area contributed by atoms with E-state index in [2.05, 4.69) is 10.6 Å². The molecule has 0 saturated carbocycles. The fourth-order valence-electron chi connectivity index (χ4n) is 1.48. The zero-order chi connectivity index (χ0) is 15.0. The molecule has 1 aromatic rings. The Hall–Kier alpha value is -1.69. The highest BCUT2D eigenvalue weighted by molar-refractivity contribution is 7.99. The first kappa shape index (κ1) is 16.4. The van der Waals surface area contributed by atoms with Gasteiger partial charge in [-0.15, -0.1) is 11.8 Å². The Morgan fingerprint density at radius 3 is 2.80 bits per heavy atom. The molecule has 5 nitrogen and oxygen atoms in total.